The molecule has 12 nitrogen and oxygen atoms in total. The summed E-state index contributed by atoms with van der Waals surface area (Å²) < 4.78 is 39.6. The van der Waals surface area contributed by atoms with Gasteiger partial charge in [0.1, 0.15) is 0 Å². The number of sulfonamides is 1. The molecule has 0 N–H and O–H groups in total. The van der Waals surface area contributed by atoms with E-state index in [1.807, 2.05) is 35.2 Å². The third kappa shape index (κ3) is 5.84. The van der Waals surface area contributed by atoms with Crippen molar-refractivity contribution in [3.63, 3.8) is 0 Å². The predicted molar refractivity (Wildman–Crippen MR) is 170 cm³/mol. The van der Waals surface area contributed by atoms with Gasteiger partial charge >= 0.3 is 0 Å². The molecule has 1 unspecified atom stereocenters. The van der Waals surface area contributed by atoms with Crippen LogP contribution in [0.2, 0.25) is 0 Å². The van der Waals surface area contributed by atoms with Gasteiger partial charge in [-0.15, -0.1) is 11.3 Å². The lowest BCUT2D eigenvalue weighted by atomic mass is 10.1. The van der Waals surface area contributed by atoms with Crippen molar-refractivity contribution in [2.45, 2.75) is 25.5 Å². The van der Waals surface area contributed by atoms with Gasteiger partial charge in [0.05, 0.1) is 41.4 Å². The highest BCUT2D eigenvalue weighted by atomic mass is 32.2. The third-order valence-electron chi connectivity index (χ3n) is 8.40. The van der Waals surface area contributed by atoms with Crippen molar-refractivity contribution in [1.82, 2.24) is 29.0 Å². The van der Waals surface area contributed by atoms with Crippen LogP contribution in [-0.2, 0) is 24.3 Å². The minimum Gasteiger partial charge on any atom is -0.378 e. The number of ether oxygens (including phenoxy) is 2. The summed E-state index contributed by atoms with van der Waals surface area (Å²) in [4.78, 5) is 27.9. The molecule has 0 aliphatic carbocycles. The van der Waals surface area contributed by atoms with Crippen LogP contribution in [0, 0.1) is 0 Å². The summed E-state index contributed by atoms with van der Waals surface area (Å²) >= 11 is 1.55. The van der Waals surface area contributed by atoms with Crippen LogP contribution in [0.15, 0.2) is 36.5 Å². The Balaban J connectivity index is 1.21. The molecule has 4 aromatic rings. The zero-order valence-corrected chi connectivity index (χ0v) is 26.2. The number of hydrogen-bond acceptors (Lipinski definition) is 10. The Morgan fingerprint density at radius 2 is 1.86 bits per heavy atom. The van der Waals surface area contributed by atoms with Gasteiger partial charge in [0.2, 0.25) is 15.9 Å². The number of benzene rings is 1. The number of aromatic nitrogens is 4. The van der Waals surface area contributed by atoms with Gasteiger partial charge in [-0.05, 0) is 37.5 Å². The van der Waals surface area contributed by atoms with Crippen LogP contribution in [0.5, 0.6) is 0 Å². The van der Waals surface area contributed by atoms with E-state index in [-0.39, 0.29) is 12.1 Å². The Hall–Kier alpha value is -3.43. The molecule has 232 valence electrons. The standard InChI is InChI=1S/C30H35N7O5S2/c1-44(39,40)36-12-10-34(11-13-36)26(38)9-8-21-19-24-28(43-21)30(35-14-17-41-18-15-35)33-29(32-24)22-5-4-6-25-23(22)20-31-37(25)27-7-2-3-16-42-27/h4-6,8-9,19-20,27H,2-3,7,10-18H2,1H3/b9-8+. The minimum absolute atomic E-state index is 0.0682. The SMILES string of the molecule is CS(=O)(=O)N1CCN(C(=O)/C=C/c2cc3nc(-c4cccc5c4cnn5C4CCCCO4)nc(N4CCOCC4)c3s2)CC1. The number of fused-ring (bicyclic) bond motifs is 2. The Morgan fingerprint density at radius 3 is 2.61 bits per heavy atom. The van der Waals surface area contributed by atoms with Gasteiger partial charge in [0.25, 0.3) is 0 Å². The number of hydrogen-bond donors (Lipinski definition) is 0. The molecule has 14 heteroatoms. The lowest BCUT2D eigenvalue weighted by Crippen LogP contribution is -2.49. The van der Waals surface area contributed by atoms with Crippen LogP contribution in [0.3, 0.4) is 0 Å². The fourth-order valence-electron chi connectivity index (χ4n) is 6.04. The van der Waals surface area contributed by atoms with Gasteiger partial charge in [-0.2, -0.15) is 9.40 Å². The summed E-state index contributed by atoms with van der Waals surface area (Å²) in [5.74, 6) is 1.35. The summed E-state index contributed by atoms with van der Waals surface area (Å²) in [6.45, 7) is 4.81. The third-order valence-corrected chi connectivity index (χ3v) is 10.8. The van der Waals surface area contributed by atoms with Crippen molar-refractivity contribution in [2.24, 2.45) is 0 Å². The van der Waals surface area contributed by atoms with Crippen LogP contribution in [0.4, 0.5) is 5.82 Å². The Kier molecular flexibility index (Phi) is 8.10. The van der Waals surface area contributed by atoms with Gasteiger partial charge in [0, 0.05) is 67.8 Å². The predicted octanol–water partition coefficient (Wildman–Crippen LogP) is 3.36. The summed E-state index contributed by atoms with van der Waals surface area (Å²) in [5, 5.41) is 5.69. The molecule has 3 aliphatic heterocycles. The van der Waals surface area contributed by atoms with Crippen LogP contribution < -0.4 is 4.90 Å². The molecule has 3 aliphatic rings. The van der Waals surface area contributed by atoms with Crippen molar-refractivity contribution >= 4 is 60.3 Å². The molecule has 3 aromatic heterocycles. The van der Waals surface area contributed by atoms with Gasteiger partial charge in [0.15, 0.2) is 17.9 Å². The Labute approximate surface area is 259 Å². The number of carbonyl (C=O) groups excluding carboxylic acids is 1. The number of nitrogens with zero attached hydrogens (tertiary/aromatic N) is 7. The zero-order chi connectivity index (χ0) is 30.3. The van der Waals surface area contributed by atoms with Crippen molar-refractivity contribution in [3.8, 4) is 11.4 Å². The van der Waals surface area contributed by atoms with E-state index in [9.17, 15) is 13.2 Å². The van der Waals surface area contributed by atoms with Crippen LogP contribution in [0.1, 0.15) is 30.4 Å². The van der Waals surface area contributed by atoms with Gasteiger partial charge < -0.3 is 19.3 Å². The lowest BCUT2D eigenvalue weighted by Gasteiger charge is -2.32. The van der Waals surface area contributed by atoms with E-state index >= 15 is 0 Å². The first-order valence-electron chi connectivity index (χ1n) is 15.0. The maximum atomic E-state index is 12.9. The second-order valence-corrected chi connectivity index (χ2v) is 14.4. The topological polar surface area (TPSA) is 123 Å². The number of morpholine rings is 1. The molecule has 7 rings (SSSR count). The van der Waals surface area contributed by atoms with Crippen LogP contribution in [0.25, 0.3) is 38.6 Å². The maximum absolute atomic E-state index is 12.9. The van der Waals surface area contributed by atoms with Crippen molar-refractivity contribution < 1.29 is 22.7 Å². The molecular weight excluding hydrogens is 603 g/mol. The summed E-state index contributed by atoms with van der Waals surface area (Å²) in [6, 6.07) is 8.12. The molecule has 0 bridgehead atoms. The van der Waals surface area contributed by atoms with Crippen molar-refractivity contribution in [1.29, 1.82) is 0 Å². The van der Waals surface area contributed by atoms with E-state index in [4.69, 9.17) is 24.5 Å². The number of anilines is 1. The summed E-state index contributed by atoms with van der Waals surface area (Å²) in [5.41, 5.74) is 2.72. The molecule has 0 radical (unpaired) electrons. The Bertz CT molecular complexity index is 1820. The molecule has 6 heterocycles. The second kappa shape index (κ2) is 12.2. The van der Waals surface area contributed by atoms with E-state index in [0.29, 0.717) is 45.2 Å². The first kappa shape index (κ1) is 29.3. The monoisotopic (exact) mass is 637 g/mol. The van der Waals surface area contributed by atoms with Gasteiger partial charge in [-0.1, -0.05) is 12.1 Å². The fourth-order valence-corrected chi connectivity index (χ4v) is 7.88. The smallest absolute Gasteiger partial charge is 0.246 e. The number of carbonyl (C=O) groups is 1. The maximum Gasteiger partial charge on any atom is 0.246 e. The highest BCUT2D eigenvalue weighted by Crippen LogP contribution is 2.37. The number of amides is 1. The van der Waals surface area contributed by atoms with Crippen molar-refractivity contribution in [2.75, 3.05) is 70.2 Å². The molecule has 3 saturated heterocycles. The molecular formula is C30H35N7O5S2. The van der Waals surface area contributed by atoms with E-state index in [2.05, 4.69) is 11.0 Å². The number of rotatable bonds is 6. The number of piperazine rings is 1. The molecule has 1 amide bonds. The largest absolute Gasteiger partial charge is 0.378 e. The van der Waals surface area contributed by atoms with Crippen LogP contribution in [-0.4, -0.2) is 109 Å². The second-order valence-electron chi connectivity index (χ2n) is 11.3. The molecule has 1 atom stereocenters. The first-order valence-corrected chi connectivity index (χ1v) is 17.7. The zero-order valence-electron chi connectivity index (χ0n) is 24.6. The highest BCUT2D eigenvalue weighted by Gasteiger charge is 2.26. The fraction of sp³-hybridized carbons (Fsp3) is 0.467. The molecule has 1 aromatic carbocycles. The quantitative estimate of drug-likeness (QED) is 0.293. The van der Waals surface area contributed by atoms with E-state index < -0.39 is 10.0 Å². The molecule has 44 heavy (non-hydrogen) atoms. The first-order chi connectivity index (χ1) is 21.3. The van der Waals surface area contributed by atoms with E-state index in [1.54, 1.807) is 22.3 Å². The van der Waals surface area contributed by atoms with Crippen molar-refractivity contribution in [3.05, 3.63) is 41.4 Å². The highest BCUT2D eigenvalue weighted by molar-refractivity contribution is 7.88. The molecule has 3 fully saturated rings. The van der Waals surface area contributed by atoms with E-state index in [1.165, 1.54) is 10.6 Å². The average Bonchev–Trinajstić information content (AvgIpc) is 3.68. The van der Waals surface area contributed by atoms with E-state index in [0.717, 1.165) is 76.3 Å². The van der Waals surface area contributed by atoms with Crippen LogP contribution >= 0.6 is 11.3 Å². The number of thiophene rings is 1. The minimum atomic E-state index is -3.25. The summed E-state index contributed by atoms with van der Waals surface area (Å²) in [7, 11) is -3.25. The van der Waals surface area contributed by atoms with Gasteiger partial charge in [-0.25, -0.2) is 23.1 Å². The normalized spacial score (nSPS) is 20.7. The average molecular weight is 638 g/mol. The molecule has 0 spiro atoms. The summed E-state index contributed by atoms with van der Waals surface area (Å²) in [6.07, 6.45) is 9.53. The molecule has 0 saturated carbocycles. The Morgan fingerprint density at radius 1 is 1.05 bits per heavy atom. The lowest BCUT2D eigenvalue weighted by molar-refractivity contribution is -0.127. The van der Waals surface area contributed by atoms with Gasteiger partial charge in [-0.3, -0.25) is 4.79 Å².